The van der Waals surface area contributed by atoms with E-state index in [-0.39, 0.29) is 12.2 Å². The number of nitro groups is 1. The summed E-state index contributed by atoms with van der Waals surface area (Å²) in [5, 5.41) is 11.0. The summed E-state index contributed by atoms with van der Waals surface area (Å²) < 4.78 is 0. The SMILES string of the molecule is NC1=Nc2ccc([N+](=O)[O-])cc2C(c2ccccc2)=NC1. The van der Waals surface area contributed by atoms with Gasteiger partial charge in [0.25, 0.3) is 5.69 Å². The van der Waals surface area contributed by atoms with E-state index in [1.54, 1.807) is 6.07 Å². The van der Waals surface area contributed by atoms with Crippen molar-refractivity contribution in [3.8, 4) is 0 Å². The van der Waals surface area contributed by atoms with Gasteiger partial charge >= 0.3 is 0 Å². The Kier molecular flexibility index (Phi) is 3.19. The van der Waals surface area contributed by atoms with Crippen molar-refractivity contribution >= 4 is 22.9 Å². The van der Waals surface area contributed by atoms with E-state index in [0.717, 1.165) is 5.56 Å². The maximum atomic E-state index is 11.0. The molecule has 0 atom stereocenters. The van der Waals surface area contributed by atoms with Crippen LogP contribution in [0, 0.1) is 10.1 Å². The lowest BCUT2D eigenvalue weighted by molar-refractivity contribution is -0.384. The van der Waals surface area contributed by atoms with Crippen LogP contribution in [0.15, 0.2) is 58.5 Å². The highest BCUT2D eigenvalue weighted by Gasteiger charge is 2.18. The van der Waals surface area contributed by atoms with E-state index in [2.05, 4.69) is 9.98 Å². The van der Waals surface area contributed by atoms with Crippen LogP contribution in [-0.2, 0) is 0 Å². The predicted molar refractivity (Wildman–Crippen MR) is 81.3 cm³/mol. The number of hydrogen-bond donors (Lipinski definition) is 1. The molecule has 2 aromatic rings. The molecular formula is C15H12N4O2. The van der Waals surface area contributed by atoms with E-state index >= 15 is 0 Å². The summed E-state index contributed by atoms with van der Waals surface area (Å²) in [5.41, 5.74) is 8.57. The minimum Gasteiger partial charge on any atom is -0.386 e. The van der Waals surface area contributed by atoms with Gasteiger partial charge < -0.3 is 5.73 Å². The number of rotatable bonds is 2. The molecule has 1 aliphatic heterocycles. The third kappa shape index (κ3) is 2.51. The molecule has 6 nitrogen and oxygen atoms in total. The first-order valence-corrected chi connectivity index (χ1v) is 6.37. The zero-order valence-corrected chi connectivity index (χ0v) is 11.1. The van der Waals surface area contributed by atoms with Gasteiger partial charge in [-0.3, -0.25) is 15.1 Å². The molecule has 21 heavy (non-hydrogen) atoms. The van der Waals surface area contributed by atoms with E-state index in [9.17, 15) is 10.1 Å². The van der Waals surface area contributed by atoms with Crippen LogP contribution in [0.3, 0.4) is 0 Å². The van der Waals surface area contributed by atoms with E-state index in [1.807, 2.05) is 30.3 Å². The fourth-order valence-corrected chi connectivity index (χ4v) is 2.20. The number of non-ortho nitro benzene ring substituents is 1. The Morgan fingerprint density at radius 1 is 1.14 bits per heavy atom. The van der Waals surface area contributed by atoms with E-state index in [1.165, 1.54) is 12.1 Å². The lowest BCUT2D eigenvalue weighted by Crippen LogP contribution is -2.14. The minimum atomic E-state index is -0.430. The number of hydrogen-bond acceptors (Lipinski definition) is 5. The van der Waals surface area contributed by atoms with Crippen molar-refractivity contribution < 1.29 is 4.92 Å². The van der Waals surface area contributed by atoms with Crippen LogP contribution >= 0.6 is 0 Å². The van der Waals surface area contributed by atoms with E-state index in [0.29, 0.717) is 22.8 Å². The minimum absolute atomic E-state index is 0.00746. The average Bonchev–Trinajstić information content (AvgIpc) is 2.65. The summed E-state index contributed by atoms with van der Waals surface area (Å²) in [6.45, 7) is 0.271. The van der Waals surface area contributed by atoms with Crippen molar-refractivity contribution in [2.24, 2.45) is 15.7 Å². The van der Waals surface area contributed by atoms with E-state index in [4.69, 9.17) is 5.73 Å². The third-order valence-corrected chi connectivity index (χ3v) is 3.16. The lowest BCUT2D eigenvalue weighted by Gasteiger charge is -2.08. The molecular weight excluding hydrogens is 268 g/mol. The summed E-state index contributed by atoms with van der Waals surface area (Å²) in [5.74, 6) is 0.385. The molecule has 0 unspecified atom stereocenters. The number of amidine groups is 1. The van der Waals surface area contributed by atoms with Gasteiger partial charge in [0, 0.05) is 23.3 Å². The second-order valence-corrected chi connectivity index (χ2v) is 4.59. The maximum absolute atomic E-state index is 11.0. The molecule has 3 rings (SSSR count). The Morgan fingerprint density at radius 3 is 2.62 bits per heavy atom. The molecule has 1 heterocycles. The molecule has 0 aromatic heterocycles. The molecule has 2 N–H and O–H groups in total. The van der Waals surface area contributed by atoms with Gasteiger partial charge in [0.15, 0.2) is 0 Å². The Balaban J connectivity index is 2.22. The molecule has 0 amide bonds. The highest BCUT2D eigenvalue weighted by atomic mass is 16.6. The van der Waals surface area contributed by atoms with Crippen molar-refractivity contribution in [2.75, 3.05) is 6.54 Å². The van der Waals surface area contributed by atoms with Crippen molar-refractivity contribution in [3.05, 3.63) is 69.8 Å². The van der Waals surface area contributed by atoms with Gasteiger partial charge in [-0.15, -0.1) is 0 Å². The van der Waals surface area contributed by atoms with Gasteiger partial charge in [-0.05, 0) is 6.07 Å². The predicted octanol–water partition coefficient (Wildman–Crippen LogP) is 2.43. The summed E-state index contributed by atoms with van der Waals surface area (Å²) in [7, 11) is 0. The molecule has 0 fully saturated rings. The summed E-state index contributed by atoms with van der Waals surface area (Å²) in [4.78, 5) is 19.3. The Labute approximate surface area is 120 Å². The Hall–Kier alpha value is -3.02. The molecule has 104 valence electrons. The zero-order valence-electron chi connectivity index (χ0n) is 11.1. The van der Waals surface area contributed by atoms with Gasteiger partial charge in [-0.2, -0.15) is 0 Å². The smallest absolute Gasteiger partial charge is 0.270 e. The van der Waals surface area contributed by atoms with Crippen molar-refractivity contribution in [3.63, 3.8) is 0 Å². The van der Waals surface area contributed by atoms with Crippen LogP contribution in [0.5, 0.6) is 0 Å². The Bertz CT molecular complexity index is 766. The molecule has 0 saturated carbocycles. The van der Waals surface area contributed by atoms with E-state index < -0.39 is 4.92 Å². The zero-order chi connectivity index (χ0) is 14.8. The first kappa shape index (κ1) is 13.0. The number of fused-ring (bicyclic) bond motifs is 1. The second kappa shape index (κ2) is 5.16. The molecule has 0 aliphatic carbocycles. The molecule has 0 saturated heterocycles. The quantitative estimate of drug-likeness (QED) is 0.676. The van der Waals surface area contributed by atoms with Gasteiger partial charge in [0.05, 0.1) is 22.9 Å². The van der Waals surface area contributed by atoms with Crippen LogP contribution < -0.4 is 5.73 Å². The first-order chi connectivity index (χ1) is 10.1. The monoisotopic (exact) mass is 280 g/mol. The number of nitro benzene ring substituents is 1. The summed E-state index contributed by atoms with van der Waals surface area (Å²) in [6, 6.07) is 14.0. The van der Waals surface area contributed by atoms with Gasteiger partial charge in [-0.25, -0.2) is 4.99 Å². The maximum Gasteiger partial charge on any atom is 0.270 e. The molecule has 6 heteroatoms. The summed E-state index contributed by atoms with van der Waals surface area (Å²) >= 11 is 0. The fourth-order valence-electron chi connectivity index (χ4n) is 2.20. The standard InChI is InChI=1S/C15H12N4O2/c16-14-9-17-15(10-4-2-1-3-5-10)12-8-11(19(20)21)6-7-13(12)18-14/h1-8H,9H2,(H2,16,18). The number of benzene rings is 2. The van der Waals surface area contributed by atoms with Crippen molar-refractivity contribution in [1.29, 1.82) is 0 Å². The Morgan fingerprint density at radius 2 is 1.90 bits per heavy atom. The molecule has 0 bridgehead atoms. The number of nitrogens with two attached hydrogens (primary N) is 1. The second-order valence-electron chi connectivity index (χ2n) is 4.59. The van der Waals surface area contributed by atoms with Crippen LogP contribution in [0.4, 0.5) is 11.4 Å². The highest BCUT2D eigenvalue weighted by molar-refractivity contribution is 6.17. The molecule has 0 radical (unpaired) electrons. The number of nitrogens with zero attached hydrogens (tertiary/aromatic N) is 3. The molecule has 2 aromatic carbocycles. The first-order valence-electron chi connectivity index (χ1n) is 6.37. The topological polar surface area (TPSA) is 93.9 Å². The lowest BCUT2D eigenvalue weighted by atomic mass is 10.00. The average molecular weight is 280 g/mol. The van der Waals surface area contributed by atoms with Gasteiger partial charge in [0.1, 0.15) is 5.84 Å². The fraction of sp³-hybridized carbons (Fsp3) is 0.0667. The van der Waals surface area contributed by atoms with Crippen molar-refractivity contribution in [1.82, 2.24) is 0 Å². The van der Waals surface area contributed by atoms with Crippen LogP contribution in [-0.4, -0.2) is 23.0 Å². The van der Waals surface area contributed by atoms with Gasteiger partial charge in [0.2, 0.25) is 0 Å². The van der Waals surface area contributed by atoms with Crippen LogP contribution in [0.1, 0.15) is 11.1 Å². The van der Waals surface area contributed by atoms with Crippen molar-refractivity contribution in [2.45, 2.75) is 0 Å². The highest BCUT2D eigenvalue weighted by Crippen LogP contribution is 2.28. The normalized spacial score (nSPS) is 13.7. The summed E-state index contributed by atoms with van der Waals surface area (Å²) in [6.07, 6.45) is 0. The molecule has 1 aliphatic rings. The third-order valence-electron chi connectivity index (χ3n) is 3.16. The number of aliphatic imine (C=N–C) groups is 2. The largest absolute Gasteiger partial charge is 0.386 e. The van der Waals surface area contributed by atoms with Gasteiger partial charge in [-0.1, -0.05) is 30.3 Å². The van der Waals surface area contributed by atoms with Crippen LogP contribution in [0.25, 0.3) is 0 Å². The van der Waals surface area contributed by atoms with Crippen LogP contribution in [0.2, 0.25) is 0 Å². The molecule has 0 spiro atoms.